The quantitative estimate of drug-likeness (QED) is 0.446. The monoisotopic (exact) mass is 445 g/mol. The van der Waals surface area contributed by atoms with Crippen LogP contribution in [0.15, 0.2) is 72.2 Å². The van der Waals surface area contributed by atoms with Crippen molar-refractivity contribution in [1.29, 1.82) is 0 Å². The largest absolute Gasteiger partial charge is 0.482 e. The van der Waals surface area contributed by atoms with Crippen molar-refractivity contribution < 1.29 is 14.3 Å². The molecular formula is C25H23N3O3S. The molecule has 3 heterocycles. The van der Waals surface area contributed by atoms with Crippen molar-refractivity contribution in [2.75, 3.05) is 24.6 Å². The Morgan fingerprint density at radius 1 is 1.12 bits per heavy atom. The summed E-state index contributed by atoms with van der Waals surface area (Å²) >= 11 is 1.69. The van der Waals surface area contributed by atoms with Gasteiger partial charge >= 0.3 is 0 Å². The number of hydrogen-bond donors (Lipinski definition) is 2. The molecule has 2 amide bonds. The molecule has 0 bridgehead atoms. The highest BCUT2D eigenvalue weighted by molar-refractivity contribution is 7.10. The summed E-state index contributed by atoms with van der Waals surface area (Å²) in [5.74, 6) is 0.514. The number of aromatic nitrogens is 1. The number of aromatic amines is 1. The van der Waals surface area contributed by atoms with Gasteiger partial charge in [0.05, 0.1) is 5.69 Å². The Kier molecular flexibility index (Phi) is 5.64. The maximum Gasteiger partial charge on any atom is 0.265 e. The first-order valence-corrected chi connectivity index (χ1v) is 11.5. The average molecular weight is 446 g/mol. The number of rotatable bonds is 7. The number of fused-ring (bicyclic) bond motifs is 2. The number of carbonyl (C=O) groups is 2. The lowest BCUT2D eigenvalue weighted by molar-refractivity contribution is -0.122. The highest BCUT2D eigenvalue weighted by atomic mass is 32.1. The van der Waals surface area contributed by atoms with Crippen LogP contribution in [0.2, 0.25) is 0 Å². The third-order valence-electron chi connectivity index (χ3n) is 5.76. The maximum atomic E-state index is 12.7. The molecule has 0 saturated carbocycles. The minimum absolute atomic E-state index is 0.000349. The van der Waals surface area contributed by atoms with Crippen molar-refractivity contribution in [2.45, 2.75) is 12.3 Å². The number of carbonyl (C=O) groups excluding carboxylic acids is 2. The van der Waals surface area contributed by atoms with Gasteiger partial charge < -0.3 is 19.9 Å². The van der Waals surface area contributed by atoms with E-state index in [9.17, 15) is 9.59 Å². The van der Waals surface area contributed by atoms with E-state index in [1.165, 1.54) is 10.4 Å². The third kappa shape index (κ3) is 3.99. The van der Waals surface area contributed by atoms with Crippen LogP contribution in [0.3, 0.4) is 0 Å². The van der Waals surface area contributed by atoms with E-state index in [0.717, 1.165) is 10.9 Å². The number of benzene rings is 2. The molecule has 6 nitrogen and oxygen atoms in total. The third-order valence-corrected chi connectivity index (χ3v) is 6.74. The van der Waals surface area contributed by atoms with E-state index >= 15 is 0 Å². The molecular weight excluding hydrogens is 422 g/mol. The van der Waals surface area contributed by atoms with Crippen LogP contribution in [0.25, 0.3) is 10.9 Å². The van der Waals surface area contributed by atoms with Crippen LogP contribution >= 0.6 is 11.3 Å². The van der Waals surface area contributed by atoms with Crippen LogP contribution in [0.5, 0.6) is 5.75 Å². The number of H-pyrrole nitrogens is 1. The Bertz CT molecular complexity index is 1250. The Labute approximate surface area is 189 Å². The summed E-state index contributed by atoms with van der Waals surface area (Å²) in [4.78, 5) is 31.2. The zero-order valence-corrected chi connectivity index (χ0v) is 18.2. The number of amides is 2. The molecule has 0 fully saturated rings. The van der Waals surface area contributed by atoms with Gasteiger partial charge in [0.2, 0.25) is 5.91 Å². The predicted octanol–water partition coefficient (Wildman–Crippen LogP) is 4.29. The fourth-order valence-electron chi connectivity index (χ4n) is 4.15. The van der Waals surface area contributed by atoms with E-state index in [1.807, 2.05) is 48.7 Å². The Morgan fingerprint density at radius 3 is 2.84 bits per heavy atom. The number of nitrogens with zero attached hydrogens (tertiary/aromatic N) is 1. The molecule has 5 rings (SSSR count). The van der Waals surface area contributed by atoms with Gasteiger partial charge in [-0.05, 0) is 35.2 Å². The molecule has 162 valence electrons. The summed E-state index contributed by atoms with van der Waals surface area (Å²) in [5.41, 5.74) is 2.97. The van der Waals surface area contributed by atoms with Gasteiger partial charge in [0.15, 0.2) is 6.61 Å². The summed E-state index contributed by atoms with van der Waals surface area (Å²) in [6.07, 6.45) is 2.26. The van der Waals surface area contributed by atoms with E-state index in [1.54, 1.807) is 16.2 Å². The van der Waals surface area contributed by atoms with Gasteiger partial charge in [-0.2, -0.15) is 0 Å². The smallest absolute Gasteiger partial charge is 0.265 e. The highest BCUT2D eigenvalue weighted by Gasteiger charge is 2.26. The zero-order chi connectivity index (χ0) is 21.9. The summed E-state index contributed by atoms with van der Waals surface area (Å²) in [6.45, 7) is 0.816. The molecule has 0 radical (unpaired) electrons. The fraction of sp³-hybridized carbons (Fsp3) is 0.200. The van der Waals surface area contributed by atoms with E-state index in [2.05, 4.69) is 33.9 Å². The Morgan fingerprint density at radius 2 is 1.97 bits per heavy atom. The molecule has 0 aliphatic carbocycles. The first-order valence-electron chi connectivity index (χ1n) is 10.6. The molecule has 4 aromatic rings. The van der Waals surface area contributed by atoms with Gasteiger partial charge in [-0.1, -0.05) is 36.4 Å². The lowest BCUT2D eigenvalue weighted by atomic mass is 9.96. The summed E-state index contributed by atoms with van der Waals surface area (Å²) < 4.78 is 5.48. The molecule has 2 aromatic heterocycles. The predicted molar refractivity (Wildman–Crippen MR) is 126 cm³/mol. The van der Waals surface area contributed by atoms with Crippen molar-refractivity contribution in [3.63, 3.8) is 0 Å². The second-order valence-corrected chi connectivity index (χ2v) is 8.69. The van der Waals surface area contributed by atoms with Gasteiger partial charge in [-0.15, -0.1) is 11.3 Å². The second kappa shape index (κ2) is 8.88. The number of ether oxygens (including phenoxy) is 1. The minimum Gasteiger partial charge on any atom is -0.482 e. The molecule has 2 aromatic carbocycles. The number of anilines is 1. The first kappa shape index (κ1) is 20.3. The first-order chi connectivity index (χ1) is 15.7. The SMILES string of the molecule is O=C(CCN1C(=O)COc2ccccc21)NCC(c1cccs1)c1c[nH]c2ccccc12. The highest BCUT2D eigenvalue weighted by Crippen LogP contribution is 2.33. The zero-order valence-electron chi connectivity index (χ0n) is 17.4. The molecule has 32 heavy (non-hydrogen) atoms. The molecule has 1 unspecified atom stereocenters. The molecule has 7 heteroatoms. The maximum absolute atomic E-state index is 12.7. The number of para-hydroxylation sites is 3. The Hall–Kier alpha value is -3.58. The standard InChI is InChI=1S/C25H23N3O3S/c29-24(11-12-28-21-8-3-4-9-22(21)31-16-25(28)30)27-15-19(23-10-5-13-32-23)18-14-26-20-7-2-1-6-17(18)20/h1-10,13-14,19,26H,11-12,15-16H2,(H,27,29). The van der Waals surface area contributed by atoms with Crippen molar-refractivity contribution in [1.82, 2.24) is 10.3 Å². The van der Waals surface area contributed by atoms with Crippen LogP contribution in [0.4, 0.5) is 5.69 Å². The normalized spacial score (nSPS) is 14.1. The van der Waals surface area contributed by atoms with Crippen LogP contribution in [-0.4, -0.2) is 36.5 Å². The number of nitrogens with one attached hydrogen (secondary N) is 2. The molecule has 0 saturated heterocycles. The van der Waals surface area contributed by atoms with Crippen molar-refractivity contribution in [2.24, 2.45) is 0 Å². The average Bonchev–Trinajstić information content (AvgIpc) is 3.50. The molecule has 2 N–H and O–H groups in total. The van der Waals surface area contributed by atoms with Crippen LogP contribution in [0.1, 0.15) is 22.8 Å². The number of thiophene rings is 1. The van der Waals surface area contributed by atoms with Gasteiger partial charge in [0.1, 0.15) is 5.75 Å². The molecule has 1 aliphatic rings. The summed E-state index contributed by atoms with van der Waals surface area (Å²) in [5, 5.41) is 6.31. The second-order valence-electron chi connectivity index (χ2n) is 7.71. The van der Waals surface area contributed by atoms with E-state index in [0.29, 0.717) is 24.5 Å². The van der Waals surface area contributed by atoms with Gasteiger partial charge in [-0.25, -0.2) is 0 Å². The molecule has 1 aliphatic heterocycles. The van der Waals surface area contributed by atoms with Gasteiger partial charge in [0, 0.05) is 47.4 Å². The minimum atomic E-state index is -0.133. The molecule has 1 atom stereocenters. The topological polar surface area (TPSA) is 74.4 Å². The van der Waals surface area contributed by atoms with Crippen molar-refractivity contribution in [3.05, 3.63) is 82.7 Å². The fourth-order valence-corrected chi connectivity index (χ4v) is 5.00. The van der Waals surface area contributed by atoms with E-state index in [-0.39, 0.29) is 30.8 Å². The number of hydrogen-bond acceptors (Lipinski definition) is 4. The van der Waals surface area contributed by atoms with Crippen molar-refractivity contribution in [3.8, 4) is 5.75 Å². The molecule has 0 spiro atoms. The van der Waals surface area contributed by atoms with Crippen LogP contribution < -0.4 is 15.0 Å². The lowest BCUT2D eigenvalue weighted by Crippen LogP contribution is -2.41. The summed E-state index contributed by atoms with van der Waals surface area (Å²) in [6, 6.07) is 19.7. The van der Waals surface area contributed by atoms with Gasteiger partial charge in [0.25, 0.3) is 5.91 Å². The van der Waals surface area contributed by atoms with Crippen molar-refractivity contribution >= 4 is 39.7 Å². The van der Waals surface area contributed by atoms with Gasteiger partial charge in [-0.3, -0.25) is 9.59 Å². The van der Waals surface area contributed by atoms with E-state index in [4.69, 9.17) is 4.74 Å². The summed E-state index contributed by atoms with van der Waals surface area (Å²) in [7, 11) is 0. The van der Waals surface area contributed by atoms with Crippen LogP contribution in [0, 0.1) is 0 Å². The Balaban J connectivity index is 1.27. The van der Waals surface area contributed by atoms with E-state index < -0.39 is 0 Å². The lowest BCUT2D eigenvalue weighted by Gasteiger charge is -2.29. The van der Waals surface area contributed by atoms with Crippen LogP contribution in [-0.2, 0) is 9.59 Å².